The van der Waals surface area contributed by atoms with Crippen LogP contribution in [0.1, 0.15) is 32.6 Å². The molecule has 3 nitrogen and oxygen atoms in total. The molecule has 0 aliphatic heterocycles. The third-order valence-electron chi connectivity index (χ3n) is 1.78. The van der Waals surface area contributed by atoms with Crippen LogP contribution < -0.4 is 11.1 Å². The Balaban J connectivity index is 3.43. The van der Waals surface area contributed by atoms with Gasteiger partial charge in [-0.25, -0.2) is 0 Å². The van der Waals surface area contributed by atoms with Gasteiger partial charge in [-0.1, -0.05) is 19.4 Å². The third-order valence-corrected chi connectivity index (χ3v) is 1.78. The summed E-state index contributed by atoms with van der Waals surface area (Å²) in [5.41, 5.74) is 5.71. The van der Waals surface area contributed by atoms with Crippen molar-refractivity contribution < 1.29 is 4.79 Å². The maximum Gasteiger partial charge on any atom is 0.221 e. The van der Waals surface area contributed by atoms with Gasteiger partial charge in [0, 0.05) is 19.0 Å². The van der Waals surface area contributed by atoms with E-state index in [2.05, 4.69) is 18.8 Å². The minimum atomic E-state index is 0.00808. The van der Waals surface area contributed by atoms with Crippen LogP contribution >= 0.6 is 0 Å². The van der Waals surface area contributed by atoms with Crippen LogP contribution in [0.25, 0.3) is 0 Å². The zero-order valence-electron chi connectivity index (χ0n) is 8.38. The molecule has 1 atom stereocenters. The second kappa shape index (κ2) is 7.80. The van der Waals surface area contributed by atoms with E-state index in [1.807, 2.05) is 0 Å². The molecule has 3 heteroatoms. The van der Waals surface area contributed by atoms with E-state index in [9.17, 15) is 4.79 Å². The zero-order chi connectivity index (χ0) is 10.1. The molecule has 0 spiro atoms. The Bertz CT molecular complexity index is 157. The lowest BCUT2D eigenvalue weighted by Crippen LogP contribution is -2.31. The summed E-state index contributed by atoms with van der Waals surface area (Å²) in [7, 11) is 0. The average Bonchev–Trinajstić information content (AvgIpc) is 2.05. The lowest BCUT2D eigenvalue weighted by Gasteiger charge is -2.09. The van der Waals surface area contributed by atoms with Crippen LogP contribution in [0.5, 0.6) is 0 Å². The lowest BCUT2D eigenvalue weighted by molar-refractivity contribution is -0.121. The van der Waals surface area contributed by atoms with Gasteiger partial charge >= 0.3 is 0 Å². The molecule has 3 N–H and O–H groups in total. The number of hydrogen-bond donors (Lipinski definition) is 2. The molecule has 0 bridgehead atoms. The van der Waals surface area contributed by atoms with E-state index < -0.39 is 0 Å². The summed E-state index contributed by atoms with van der Waals surface area (Å²) < 4.78 is 0. The monoisotopic (exact) mass is 184 g/mol. The Morgan fingerprint density at radius 3 is 2.92 bits per heavy atom. The normalized spacial score (nSPS) is 12.2. The van der Waals surface area contributed by atoms with Crippen LogP contribution in [-0.2, 0) is 4.79 Å². The minimum absolute atomic E-state index is 0.00808. The Morgan fingerprint density at radius 2 is 2.38 bits per heavy atom. The highest BCUT2D eigenvalue weighted by atomic mass is 16.1. The molecule has 0 aromatic heterocycles. The molecule has 0 radical (unpaired) electrons. The van der Waals surface area contributed by atoms with E-state index in [1.165, 1.54) is 0 Å². The van der Waals surface area contributed by atoms with Crippen LogP contribution in [0.2, 0.25) is 0 Å². The highest BCUT2D eigenvalue weighted by Gasteiger charge is 2.06. The van der Waals surface area contributed by atoms with Crippen molar-refractivity contribution in [2.75, 3.05) is 6.54 Å². The van der Waals surface area contributed by atoms with Crippen LogP contribution in [0, 0.1) is 0 Å². The third kappa shape index (κ3) is 7.53. The summed E-state index contributed by atoms with van der Waals surface area (Å²) in [4.78, 5) is 11.2. The second-order valence-electron chi connectivity index (χ2n) is 3.18. The van der Waals surface area contributed by atoms with Crippen molar-refractivity contribution in [1.29, 1.82) is 0 Å². The van der Waals surface area contributed by atoms with Crippen molar-refractivity contribution in [2.45, 2.75) is 38.6 Å². The molecule has 0 aliphatic rings. The zero-order valence-corrected chi connectivity index (χ0v) is 8.38. The molecule has 0 fully saturated rings. The van der Waals surface area contributed by atoms with Crippen LogP contribution in [-0.4, -0.2) is 18.5 Å². The maximum atomic E-state index is 11.2. The smallest absolute Gasteiger partial charge is 0.221 e. The van der Waals surface area contributed by atoms with Crippen LogP contribution in [0.4, 0.5) is 0 Å². The Kier molecular flexibility index (Phi) is 7.30. The van der Waals surface area contributed by atoms with Gasteiger partial charge in [-0.15, -0.1) is 6.58 Å². The van der Waals surface area contributed by atoms with Crippen molar-refractivity contribution in [3.05, 3.63) is 12.7 Å². The van der Waals surface area contributed by atoms with Crippen molar-refractivity contribution in [1.82, 2.24) is 5.32 Å². The number of hydrogen-bond acceptors (Lipinski definition) is 2. The summed E-state index contributed by atoms with van der Waals surface area (Å²) in [6.45, 7) is 6.30. The topological polar surface area (TPSA) is 55.1 Å². The van der Waals surface area contributed by atoms with Crippen molar-refractivity contribution in [2.24, 2.45) is 5.73 Å². The van der Waals surface area contributed by atoms with Gasteiger partial charge in [-0.05, 0) is 12.8 Å². The SMILES string of the molecule is C=CCCNC(=O)CC(N)CCC. The van der Waals surface area contributed by atoms with Gasteiger partial charge in [-0.3, -0.25) is 4.79 Å². The highest BCUT2D eigenvalue weighted by molar-refractivity contribution is 5.76. The molecule has 0 aromatic rings. The number of nitrogens with two attached hydrogens (primary N) is 1. The summed E-state index contributed by atoms with van der Waals surface area (Å²) in [5, 5.41) is 2.78. The largest absolute Gasteiger partial charge is 0.356 e. The Morgan fingerprint density at radius 1 is 1.69 bits per heavy atom. The fourth-order valence-corrected chi connectivity index (χ4v) is 1.10. The second-order valence-corrected chi connectivity index (χ2v) is 3.18. The molecule has 0 heterocycles. The molecule has 0 aliphatic carbocycles. The molecule has 76 valence electrons. The summed E-state index contributed by atoms with van der Waals surface area (Å²) in [5.74, 6) is 0.0443. The van der Waals surface area contributed by atoms with E-state index in [1.54, 1.807) is 6.08 Å². The molecular formula is C10H20N2O. The summed E-state index contributed by atoms with van der Waals surface area (Å²) >= 11 is 0. The van der Waals surface area contributed by atoms with Gasteiger partial charge in [-0.2, -0.15) is 0 Å². The van der Waals surface area contributed by atoms with Crippen molar-refractivity contribution in [3.63, 3.8) is 0 Å². The fraction of sp³-hybridized carbons (Fsp3) is 0.700. The average molecular weight is 184 g/mol. The molecular weight excluding hydrogens is 164 g/mol. The van der Waals surface area contributed by atoms with E-state index in [0.29, 0.717) is 13.0 Å². The van der Waals surface area contributed by atoms with E-state index in [4.69, 9.17) is 5.73 Å². The van der Waals surface area contributed by atoms with Gasteiger partial charge in [0.25, 0.3) is 0 Å². The quantitative estimate of drug-likeness (QED) is 0.461. The number of carbonyl (C=O) groups is 1. The minimum Gasteiger partial charge on any atom is -0.356 e. The van der Waals surface area contributed by atoms with Gasteiger partial charge < -0.3 is 11.1 Å². The Hall–Kier alpha value is -0.830. The highest BCUT2D eigenvalue weighted by Crippen LogP contribution is 1.97. The Labute approximate surface area is 80.4 Å². The fourth-order valence-electron chi connectivity index (χ4n) is 1.10. The molecule has 0 rings (SSSR count). The number of rotatable bonds is 7. The van der Waals surface area contributed by atoms with E-state index >= 15 is 0 Å². The predicted molar refractivity (Wildman–Crippen MR) is 55.3 cm³/mol. The van der Waals surface area contributed by atoms with Gasteiger partial charge in [0.1, 0.15) is 0 Å². The van der Waals surface area contributed by atoms with Gasteiger partial charge in [0.05, 0.1) is 0 Å². The van der Waals surface area contributed by atoms with Gasteiger partial charge in [0.15, 0.2) is 0 Å². The number of carbonyl (C=O) groups excluding carboxylic acids is 1. The van der Waals surface area contributed by atoms with E-state index in [0.717, 1.165) is 19.3 Å². The first kappa shape index (κ1) is 12.2. The van der Waals surface area contributed by atoms with Crippen LogP contribution in [0.3, 0.4) is 0 Å². The summed E-state index contributed by atoms with van der Waals surface area (Å²) in [6, 6.07) is 0.00808. The maximum absolute atomic E-state index is 11.2. The molecule has 13 heavy (non-hydrogen) atoms. The molecule has 0 saturated carbocycles. The first-order valence-corrected chi connectivity index (χ1v) is 4.83. The predicted octanol–water partition coefficient (Wildman–Crippen LogP) is 1.20. The summed E-state index contributed by atoms with van der Waals surface area (Å²) in [6.07, 6.45) is 4.97. The number of amides is 1. The standard InChI is InChI=1S/C10H20N2O/c1-3-5-7-12-10(13)8-9(11)6-4-2/h3,9H,1,4-8,11H2,2H3,(H,12,13). The lowest BCUT2D eigenvalue weighted by atomic mass is 10.1. The molecule has 0 aromatic carbocycles. The first-order valence-electron chi connectivity index (χ1n) is 4.83. The molecule has 1 unspecified atom stereocenters. The van der Waals surface area contributed by atoms with Gasteiger partial charge in [0.2, 0.25) is 5.91 Å². The molecule has 1 amide bonds. The van der Waals surface area contributed by atoms with E-state index in [-0.39, 0.29) is 11.9 Å². The van der Waals surface area contributed by atoms with Crippen molar-refractivity contribution >= 4 is 5.91 Å². The number of nitrogens with one attached hydrogen (secondary N) is 1. The first-order chi connectivity index (χ1) is 6.20. The van der Waals surface area contributed by atoms with Crippen LogP contribution in [0.15, 0.2) is 12.7 Å². The molecule has 0 saturated heterocycles. The van der Waals surface area contributed by atoms with Crippen molar-refractivity contribution in [3.8, 4) is 0 Å².